The van der Waals surface area contributed by atoms with E-state index in [1.54, 1.807) is 6.20 Å². The number of nitrogens with zero attached hydrogens (tertiary/aromatic N) is 3. The standard InChI is InChI=1S/C10H10ClN3/c1-8(14-7-6-12-13-14)9-2-4-10(11)5-3-9/h2-8H,1H3. The molecule has 1 aromatic carbocycles. The minimum Gasteiger partial charge on any atom is -0.245 e. The smallest absolute Gasteiger partial charge is 0.0758 e. The maximum atomic E-state index is 5.81. The van der Waals surface area contributed by atoms with Gasteiger partial charge in [-0.3, -0.25) is 0 Å². The molecule has 1 heterocycles. The highest BCUT2D eigenvalue weighted by atomic mass is 35.5. The monoisotopic (exact) mass is 207 g/mol. The highest BCUT2D eigenvalue weighted by Gasteiger charge is 2.07. The largest absolute Gasteiger partial charge is 0.245 e. The molecule has 72 valence electrons. The lowest BCUT2D eigenvalue weighted by Crippen LogP contribution is -2.07. The minimum absolute atomic E-state index is 0.190. The van der Waals surface area contributed by atoms with Gasteiger partial charge in [0.15, 0.2) is 0 Å². The molecule has 2 rings (SSSR count). The highest BCUT2D eigenvalue weighted by Crippen LogP contribution is 2.18. The number of rotatable bonds is 2. The molecule has 1 unspecified atom stereocenters. The van der Waals surface area contributed by atoms with Crippen molar-refractivity contribution < 1.29 is 0 Å². The van der Waals surface area contributed by atoms with Gasteiger partial charge in [0.25, 0.3) is 0 Å². The molecule has 0 bridgehead atoms. The van der Waals surface area contributed by atoms with Crippen molar-refractivity contribution in [2.75, 3.05) is 0 Å². The first kappa shape index (κ1) is 9.21. The van der Waals surface area contributed by atoms with Crippen LogP contribution in [0.25, 0.3) is 0 Å². The van der Waals surface area contributed by atoms with Crippen molar-refractivity contribution in [2.45, 2.75) is 13.0 Å². The summed E-state index contributed by atoms with van der Waals surface area (Å²) in [4.78, 5) is 0. The highest BCUT2D eigenvalue weighted by molar-refractivity contribution is 6.30. The molecule has 0 saturated carbocycles. The second-order valence-electron chi connectivity index (χ2n) is 3.11. The van der Waals surface area contributed by atoms with Crippen LogP contribution < -0.4 is 0 Å². The summed E-state index contributed by atoms with van der Waals surface area (Å²) in [7, 11) is 0. The Bertz CT molecular complexity index is 394. The molecule has 0 amide bonds. The van der Waals surface area contributed by atoms with Gasteiger partial charge < -0.3 is 0 Å². The summed E-state index contributed by atoms with van der Waals surface area (Å²) in [5.41, 5.74) is 1.17. The fraction of sp³-hybridized carbons (Fsp3) is 0.200. The number of aromatic nitrogens is 3. The van der Waals surface area contributed by atoms with Gasteiger partial charge in [0, 0.05) is 11.2 Å². The fourth-order valence-corrected chi connectivity index (χ4v) is 1.44. The zero-order valence-electron chi connectivity index (χ0n) is 7.76. The predicted octanol–water partition coefficient (Wildman–Crippen LogP) is 2.54. The molecule has 0 N–H and O–H groups in total. The summed E-state index contributed by atoms with van der Waals surface area (Å²) in [5, 5.41) is 8.47. The van der Waals surface area contributed by atoms with Crippen molar-refractivity contribution in [3.63, 3.8) is 0 Å². The number of hydrogen-bond acceptors (Lipinski definition) is 2. The molecule has 0 aliphatic heterocycles. The second kappa shape index (κ2) is 3.80. The van der Waals surface area contributed by atoms with E-state index < -0.39 is 0 Å². The van der Waals surface area contributed by atoms with Crippen molar-refractivity contribution in [3.8, 4) is 0 Å². The van der Waals surface area contributed by atoms with E-state index in [1.807, 2.05) is 35.1 Å². The Kier molecular flexibility index (Phi) is 2.50. The van der Waals surface area contributed by atoms with Gasteiger partial charge in [0.2, 0.25) is 0 Å². The first-order valence-corrected chi connectivity index (χ1v) is 4.76. The summed E-state index contributed by atoms with van der Waals surface area (Å²) < 4.78 is 1.81. The molecule has 0 radical (unpaired) electrons. The zero-order valence-corrected chi connectivity index (χ0v) is 8.52. The molecular weight excluding hydrogens is 198 g/mol. The normalized spacial score (nSPS) is 12.7. The van der Waals surface area contributed by atoms with E-state index in [9.17, 15) is 0 Å². The van der Waals surface area contributed by atoms with Crippen LogP contribution in [-0.4, -0.2) is 15.0 Å². The molecule has 0 spiro atoms. The van der Waals surface area contributed by atoms with Crippen LogP contribution in [0.15, 0.2) is 36.7 Å². The van der Waals surface area contributed by atoms with Gasteiger partial charge in [-0.25, -0.2) is 4.68 Å². The molecule has 3 nitrogen and oxygen atoms in total. The molecule has 4 heteroatoms. The maximum Gasteiger partial charge on any atom is 0.0758 e. The van der Waals surface area contributed by atoms with E-state index in [2.05, 4.69) is 17.2 Å². The van der Waals surface area contributed by atoms with Crippen LogP contribution in [0.4, 0.5) is 0 Å². The van der Waals surface area contributed by atoms with Crippen LogP contribution in [0, 0.1) is 0 Å². The molecule has 0 aliphatic rings. The summed E-state index contributed by atoms with van der Waals surface area (Å²) >= 11 is 5.81. The van der Waals surface area contributed by atoms with E-state index in [0.29, 0.717) is 0 Å². The third-order valence-electron chi connectivity index (χ3n) is 2.19. The van der Waals surface area contributed by atoms with Crippen LogP contribution in [0.5, 0.6) is 0 Å². The van der Waals surface area contributed by atoms with Crippen molar-refractivity contribution >= 4 is 11.6 Å². The van der Waals surface area contributed by atoms with Gasteiger partial charge in [-0.05, 0) is 24.6 Å². The second-order valence-corrected chi connectivity index (χ2v) is 3.55. The van der Waals surface area contributed by atoms with Gasteiger partial charge in [0.1, 0.15) is 0 Å². The molecule has 0 saturated heterocycles. The summed E-state index contributed by atoms with van der Waals surface area (Å²) in [6, 6.07) is 7.94. The van der Waals surface area contributed by atoms with Crippen LogP contribution in [-0.2, 0) is 0 Å². The van der Waals surface area contributed by atoms with Crippen molar-refractivity contribution in [2.24, 2.45) is 0 Å². The molecular formula is C10H10ClN3. The first-order valence-electron chi connectivity index (χ1n) is 4.38. The van der Waals surface area contributed by atoms with Crippen LogP contribution in [0.1, 0.15) is 18.5 Å². The Labute approximate surface area is 87.3 Å². The molecule has 1 atom stereocenters. The lowest BCUT2D eigenvalue weighted by atomic mass is 10.1. The average molecular weight is 208 g/mol. The lowest BCUT2D eigenvalue weighted by Gasteiger charge is -2.11. The molecule has 1 aromatic heterocycles. The molecule has 14 heavy (non-hydrogen) atoms. The van der Waals surface area contributed by atoms with Gasteiger partial charge >= 0.3 is 0 Å². The Morgan fingerprint density at radius 2 is 2.00 bits per heavy atom. The van der Waals surface area contributed by atoms with E-state index in [1.165, 1.54) is 5.56 Å². The van der Waals surface area contributed by atoms with E-state index in [-0.39, 0.29) is 6.04 Å². The summed E-state index contributed by atoms with van der Waals surface area (Å²) in [5.74, 6) is 0. The Hall–Kier alpha value is -1.35. The zero-order chi connectivity index (χ0) is 9.97. The molecule has 2 aromatic rings. The van der Waals surface area contributed by atoms with Crippen LogP contribution >= 0.6 is 11.6 Å². The molecule has 0 aliphatic carbocycles. The van der Waals surface area contributed by atoms with Gasteiger partial charge in [-0.15, -0.1) is 5.10 Å². The Balaban J connectivity index is 2.28. The fourth-order valence-electron chi connectivity index (χ4n) is 1.32. The van der Waals surface area contributed by atoms with Crippen LogP contribution in [0.3, 0.4) is 0 Å². The predicted molar refractivity (Wildman–Crippen MR) is 55.3 cm³/mol. The third kappa shape index (κ3) is 1.77. The molecule has 0 fully saturated rings. The summed E-state index contributed by atoms with van der Waals surface area (Å²) in [6.07, 6.45) is 3.52. The SMILES string of the molecule is CC(c1ccc(Cl)cc1)n1ccnn1. The number of benzene rings is 1. The van der Waals surface area contributed by atoms with E-state index in [4.69, 9.17) is 11.6 Å². The van der Waals surface area contributed by atoms with Crippen molar-refractivity contribution in [1.29, 1.82) is 0 Å². The van der Waals surface area contributed by atoms with Crippen LogP contribution in [0.2, 0.25) is 5.02 Å². The quantitative estimate of drug-likeness (QED) is 0.758. The van der Waals surface area contributed by atoms with E-state index >= 15 is 0 Å². The third-order valence-corrected chi connectivity index (χ3v) is 2.44. The minimum atomic E-state index is 0.190. The van der Waals surface area contributed by atoms with Crippen molar-refractivity contribution in [1.82, 2.24) is 15.0 Å². The average Bonchev–Trinajstić information content (AvgIpc) is 2.71. The first-order chi connectivity index (χ1) is 6.77. The number of hydrogen-bond donors (Lipinski definition) is 0. The Morgan fingerprint density at radius 3 is 2.57 bits per heavy atom. The van der Waals surface area contributed by atoms with Gasteiger partial charge in [-0.1, -0.05) is 28.9 Å². The van der Waals surface area contributed by atoms with E-state index in [0.717, 1.165) is 5.02 Å². The Morgan fingerprint density at radius 1 is 1.29 bits per heavy atom. The lowest BCUT2D eigenvalue weighted by molar-refractivity contribution is 0.543. The maximum absolute atomic E-state index is 5.81. The number of halogens is 1. The van der Waals surface area contributed by atoms with Crippen molar-refractivity contribution in [3.05, 3.63) is 47.2 Å². The van der Waals surface area contributed by atoms with Gasteiger partial charge in [0.05, 0.1) is 12.2 Å². The van der Waals surface area contributed by atoms with Gasteiger partial charge in [-0.2, -0.15) is 0 Å². The topological polar surface area (TPSA) is 30.7 Å². The summed E-state index contributed by atoms with van der Waals surface area (Å²) in [6.45, 7) is 2.07.